The summed E-state index contributed by atoms with van der Waals surface area (Å²) < 4.78 is 27.7. The molecule has 0 aliphatic carbocycles. The number of hydrogen-bond acceptors (Lipinski definition) is 5. The Kier molecular flexibility index (Phi) is 7.91. The lowest BCUT2D eigenvalue weighted by Crippen LogP contribution is -2.41. The second-order valence-corrected chi connectivity index (χ2v) is 9.31. The summed E-state index contributed by atoms with van der Waals surface area (Å²) in [5, 5.41) is 0. The molecule has 0 heterocycles. The minimum Gasteiger partial charge on any atom is -0.372 e. The highest BCUT2D eigenvalue weighted by Gasteiger charge is 2.15. The molecule has 3 rings (SSSR count). The number of hydrazine groups is 1. The number of nitrogens with one attached hydrogen (secondary N) is 3. The SMILES string of the molecule is CCN(CC)c1ccc(C(=O)NNC(=O)c2cccc(NS(=O)(=O)c3ccc(C)cc3)c2)cc1. The van der Waals surface area contributed by atoms with Crippen LogP contribution < -0.4 is 20.5 Å². The average molecular weight is 481 g/mol. The van der Waals surface area contributed by atoms with Gasteiger partial charge in [-0.1, -0.05) is 23.8 Å². The van der Waals surface area contributed by atoms with Gasteiger partial charge >= 0.3 is 0 Å². The maximum atomic E-state index is 12.6. The standard InChI is InChI=1S/C25H28N4O4S/c1-4-29(5-2)22-13-11-19(12-14-22)24(30)26-27-25(31)20-7-6-8-21(17-20)28-34(32,33)23-15-9-18(3)10-16-23/h6-17,28H,4-5H2,1-3H3,(H,26,30)(H,27,31). The smallest absolute Gasteiger partial charge is 0.269 e. The number of benzene rings is 3. The average Bonchev–Trinajstić information content (AvgIpc) is 2.83. The maximum Gasteiger partial charge on any atom is 0.269 e. The quantitative estimate of drug-likeness (QED) is 0.426. The zero-order valence-corrected chi connectivity index (χ0v) is 20.1. The summed E-state index contributed by atoms with van der Waals surface area (Å²) in [6.07, 6.45) is 0. The fourth-order valence-electron chi connectivity index (χ4n) is 3.33. The first-order chi connectivity index (χ1) is 16.2. The summed E-state index contributed by atoms with van der Waals surface area (Å²) in [5.74, 6) is -1.04. The van der Waals surface area contributed by atoms with E-state index in [1.165, 1.54) is 24.3 Å². The third-order valence-corrected chi connectivity index (χ3v) is 6.65. The van der Waals surface area contributed by atoms with Crippen LogP contribution in [0.1, 0.15) is 40.1 Å². The van der Waals surface area contributed by atoms with Gasteiger partial charge in [-0.3, -0.25) is 25.2 Å². The first-order valence-electron chi connectivity index (χ1n) is 10.9. The van der Waals surface area contributed by atoms with Gasteiger partial charge in [-0.25, -0.2) is 8.42 Å². The number of sulfonamides is 1. The van der Waals surface area contributed by atoms with Crippen molar-refractivity contribution in [2.75, 3.05) is 22.7 Å². The molecule has 0 saturated heterocycles. The van der Waals surface area contributed by atoms with Crippen LogP contribution in [0.2, 0.25) is 0 Å². The van der Waals surface area contributed by atoms with Crippen LogP contribution >= 0.6 is 0 Å². The van der Waals surface area contributed by atoms with Gasteiger partial charge < -0.3 is 4.90 Å². The molecule has 178 valence electrons. The Labute approximate surface area is 200 Å². The second-order valence-electron chi connectivity index (χ2n) is 7.63. The number of rotatable bonds is 8. The van der Waals surface area contributed by atoms with Crippen LogP contribution in [0.5, 0.6) is 0 Å². The molecule has 3 aromatic carbocycles. The first kappa shape index (κ1) is 24.8. The summed E-state index contributed by atoms with van der Waals surface area (Å²) in [7, 11) is -3.80. The minimum absolute atomic E-state index is 0.118. The van der Waals surface area contributed by atoms with E-state index in [2.05, 4.69) is 34.3 Å². The van der Waals surface area contributed by atoms with Gasteiger partial charge in [0, 0.05) is 35.6 Å². The summed E-state index contributed by atoms with van der Waals surface area (Å²) in [4.78, 5) is 27.2. The fourth-order valence-corrected chi connectivity index (χ4v) is 4.38. The number of hydrogen-bond donors (Lipinski definition) is 3. The third-order valence-electron chi connectivity index (χ3n) is 5.26. The number of anilines is 2. The molecule has 0 unspecified atom stereocenters. The molecule has 0 aliphatic heterocycles. The van der Waals surface area contributed by atoms with E-state index < -0.39 is 21.8 Å². The first-order valence-corrected chi connectivity index (χ1v) is 12.4. The van der Waals surface area contributed by atoms with Crippen molar-refractivity contribution < 1.29 is 18.0 Å². The predicted octanol–water partition coefficient (Wildman–Crippen LogP) is 3.72. The Morgan fingerprint density at radius 2 is 1.38 bits per heavy atom. The molecule has 2 amide bonds. The van der Waals surface area contributed by atoms with Crippen molar-refractivity contribution in [3.8, 4) is 0 Å². The zero-order valence-electron chi connectivity index (χ0n) is 19.3. The van der Waals surface area contributed by atoms with Crippen LogP contribution in [0, 0.1) is 6.92 Å². The highest BCUT2D eigenvalue weighted by molar-refractivity contribution is 7.92. The van der Waals surface area contributed by atoms with Crippen LogP contribution in [-0.2, 0) is 10.0 Å². The molecular weight excluding hydrogens is 452 g/mol. The number of amides is 2. The van der Waals surface area contributed by atoms with Crippen LogP contribution in [0.4, 0.5) is 11.4 Å². The van der Waals surface area contributed by atoms with E-state index in [0.717, 1.165) is 24.3 Å². The number of carbonyl (C=O) groups is 2. The van der Waals surface area contributed by atoms with Crippen LogP contribution in [-0.4, -0.2) is 33.3 Å². The second kappa shape index (κ2) is 10.8. The van der Waals surface area contributed by atoms with Crippen molar-refractivity contribution in [2.24, 2.45) is 0 Å². The van der Waals surface area contributed by atoms with Crippen molar-refractivity contribution >= 4 is 33.2 Å². The molecule has 0 atom stereocenters. The molecule has 0 spiro atoms. The van der Waals surface area contributed by atoms with E-state index in [1.807, 2.05) is 19.1 Å². The largest absolute Gasteiger partial charge is 0.372 e. The van der Waals surface area contributed by atoms with E-state index in [1.54, 1.807) is 36.4 Å². The molecule has 0 fully saturated rings. The van der Waals surface area contributed by atoms with Crippen LogP contribution in [0.15, 0.2) is 77.7 Å². The van der Waals surface area contributed by atoms with Crippen LogP contribution in [0.3, 0.4) is 0 Å². The van der Waals surface area contributed by atoms with E-state index >= 15 is 0 Å². The van der Waals surface area contributed by atoms with E-state index in [9.17, 15) is 18.0 Å². The molecule has 3 aromatic rings. The highest BCUT2D eigenvalue weighted by Crippen LogP contribution is 2.18. The summed E-state index contributed by atoms with van der Waals surface area (Å²) >= 11 is 0. The van der Waals surface area contributed by atoms with Gasteiger partial charge in [-0.2, -0.15) is 0 Å². The molecule has 0 bridgehead atoms. The maximum absolute atomic E-state index is 12.6. The number of aryl methyl sites for hydroxylation is 1. The van der Waals surface area contributed by atoms with Gasteiger partial charge in [0.05, 0.1) is 4.90 Å². The molecule has 9 heteroatoms. The molecule has 34 heavy (non-hydrogen) atoms. The minimum atomic E-state index is -3.80. The van der Waals surface area contributed by atoms with Crippen molar-refractivity contribution in [3.05, 3.63) is 89.5 Å². The zero-order chi connectivity index (χ0) is 24.7. The van der Waals surface area contributed by atoms with Gasteiger partial charge in [0.25, 0.3) is 21.8 Å². The van der Waals surface area contributed by atoms with Gasteiger partial charge in [0.1, 0.15) is 0 Å². The fraction of sp³-hybridized carbons (Fsp3) is 0.200. The van der Waals surface area contributed by atoms with Crippen molar-refractivity contribution in [3.63, 3.8) is 0 Å². The van der Waals surface area contributed by atoms with E-state index in [-0.39, 0.29) is 16.1 Å². The molecule has 0 saturated carbocycles. The summed E-state index contributed by atoms with van der Waals surface area (Å²) in [6, 6.07) is 19.5. The molecule has 0 radical (unpaired) electrons. The Hall–Kier alpha value is -3.85. The monoisotopic (exact) mass is 480 g/mol. The number of carbonyl (C=O) groups excluding carboxylic acids is 2. The predicted molar refractivity (Wildman–Crippen MR) is 133 cm³/mol. The summed E-state index contributed by atoms with van der Waals surface area (Å²) in [6.45, 7) is 7.70. The van der Waals surface area contributed by atoms with Crippen molar-refractivity contribution in [1.82, 2.24) is 10.9 Å². The molecule has 0 aromatic heterocycles. The lowest BCUT2D eigenvalue weighted by molar-refractivity contribution is 0.0846. The third kappa shape index (κ3) is 6.14. The summed E-state index contributed by atoms with van der Waals surface area (Å²) in [5.41, 5.74) is 7.50. The molecule has 0 aliphatic rings. The lowest BCUT2D eigenvalue weighted by Gasteiger charge is -2.21. The normalized spacial score (nSPS) is 10.9. The van der Waals surface area contributed by atoms with Gasteiger partial charge in [-0.15, -0.1) is 0 Å². The van der Waals surface area contributed by atoms with Crippen molar-refractivity contribution in [1.29, 1.82) is 0 Å². The Bertz CT molecular complexity index is 1250. The van der Waals surface area contributed by atoms with E-state index in [0.29, 0.717) is 5.56 Å². The topological polar surface area (TPSA) is 108 Å². The molecule has 3 N–H and O–H groups in total. The van der Waals surface area contributed by atoms with Crippen molar-refractivity contribution in [2.45, 2.75) is 25.7 Å². The van der Waals surface area contributed by atoms with Gasteiger partial charge in [0.2, 0.25) is 0 Å². The Balaban J connectivity index is 1.63. The van der Waals surface area contributed by atoms with Gasteiger partial charge in [0.15, 0.2) is 0 Å². The van der Waals surface area contributed by atoms with Crippen LogP contribution in [0.25, 0.3) is 0 Å². The van der Waals surface area contributed by atoms with Gasteiger partial charge in [-0.05, 0) is 75.4 Å². The Morgan fingerprint density at radius 1 is 0.794 bits per heavy atom. The Morgan fingerprint density at radius 3 is 1.97 bits per heavy atom. The molecular formula is C25H28N4O4S. The molecule has 8 nitrogen and oxygen atoms in total. The number of nitrogens with zero attached hydrogens (tertiary/aromatic N) is 1. The highest BCUT2D eigenvalue weighted by atomic mass is 32.2. The van der Waals surface area contributed by atoms with E-state index in [4.69, 9.17) is 0 Å². The lowest BCUT2D eigenvalue weighted by atomic mass is 10.2.